The normalized spacial score (nSPS) is 20.6. The topological polar surface area (TPSA) is 44.5 Å². The minimum Gasteiger partial charge on any atom is -0.497 e. The Kier molecular flexibility index (Phi) is 3.74. The minimum absolute atomic E-state index is 0.243. The smallest absolute Gasteiger partial charge is 0.130 e. The molecule has 0 spiro atoms. The highest BCUT2D eigenvalue weighted by atomic mass is 35.5. The van der Waals surface area contributed by atoms with E-state index in [0.717, 1.165) is 11.3 Å². The highest BCUT2D eigenvalue weighted by Gasteiger charge is 2.29. The minimum atomic E-state index is -0.445. The maximum absolute atomic E-state index is 14.0. The van der Waals surface area contributed by atoms with E-state index in [1.807, 2.05) is 6.07 Å². The van der Waals surface area contributed by atoms with Gasteiger partial charge in [-0.1, -0.05) is 11.6 Å². The van der Waals surface area contributed by atoms with E-state index in [1.165, 1.54) is 12.1 Å². The molecular formula is C16H15ClFNO2. The summed E-state index contributed by atoms with van der Waals surface area (Å²) in [5.41, 5.74) is 7.49. The van der Waals surface area contributed by atoms with E-state index in [-0.39, 0.29) is 11.9 Å². The van der Waals surface area contributed by atoms with E-state index < -0.39 is 6.10 Å². The molecule has 0 radical (unpaired) electrons. The molecule has 2 atom stereocenters. The number of halogens is 2. The van der Waals surface area contributed by atoms with Crippen LogP contribution in [0.25, 0.3) is 0 Å². The first kappa shape index (κ1) is 14.2. The molecule has 5 heteroatoms. The summed E-state index contributed by atoms with van der Waals surface area (Å²) in [6.45, 7) is 0. The number of methoxy groups -OCH3 is 1. The van der Waals surface area contributed by atoms with E-state index in [0.29, 0.717) is 22.8 Å². The van der Waals surface area contributed by atoms with Crippen LogP contribution in [-0.4, -0.2) is 7.11 Å². The molecule has 3 rings (SSSR count). The molecule has 110 valence electrons. The van der Waals surface area contributed by atoms with Crippen molar-refractivity contribution in [3.63, 3.8) is 0 Å². The Morgan fingerprint density at radius 2 is 2.05 bits per heavy atom. The van der Waals surface area contributed by atoms with Gasteiger partial charge in [-0.2, -0.15) is 0 Å². The molecule has 1 unspecified atom stereocenters. The Labute approximate surface area is 127 Å². The summed E-state index contributed by atoms with van der Waals surface area (Å²) in [6.07, 6.45) is 0.0387. The molecule has 21 heavy (non-hydrogen) atoms. The third kappa shape index (κ3) is 2.69. The van der Waals surface area contributed by atoms with Crippen molar-refractivity contribution in [2.75, 3.05) is 7.11 Å². The Balaban J connectivity index is 1.96. The third-order valence-corrected chi connectivity index (χ3v) is 3.89. The predicted octanol–water partition coefficient (Wildman–Crippen LogP) is 4.01. The van der Waals surface area contributed by atoms with Crippen molar-refractivity contribution in [2.45, 2.75) is 18.6 Å². The van der Waals surface area contributed by atoms with E-state index >= 15 is 0 Å². The molecule has 0 amide bonds. The van der Waals surface area contributed by atoms with Crippen LogP contribution in [0.15, 0.2) is 36.4 Å². The van der Waals surface area contributed by atoms with Crippen molar-refractivity contribution in [1.29, 1.82) is 0 Å². The highest BCUT2D eigenvalue weighted by Crippen LogP contribution is 2.42. The van der Waals surface area contributed by atoms with Crippen molar-refractivity contribution >= 4 is 11.6 Å². The summed E-state index contributed by atoms with van der Waals surface area (Å²) >= 11 is 5.94. The zero-order valence-corrected chi connectivity index (χ0v) is 12.2. The van der Waals surface area contributed by atoms with Crippen molar-refractivity contribution in [2.24, 2.45) is 5.73 Å². The molecule has 0 saturated carbocycles. The van der Waals surface area contributed by atoms with Gasteiger partial charge in [0.25, 0.3) is 0 Å². The molecule has 2 aromatic carbocycles. The maximum Gasteiger partial charge on any atom is 0.130 e. The Bertz CT molecular complexity index is 677. The average Bonchev–Trinajstić information content (AvgIpc) is 2.49. The molecular weight excluding hydrogens is 293 g/mol. The second-order valence-corrected chi connectivity index (χ2v) is 5.45. The lowest BCUT2D eigenvalue weighted by molar-refractivity contribution is 0.157. The largest absolute Gasteiger partial charge is 0.497 e. The fraction of sp³-hybridized carbons (Fsp3) is 0.250. The van der Waals surface area contributed by atoms with Crippen LogP contribution in [-0.2, 0) is 0 Å². The highest BCUT2D eigenvalue weighted by molar-refractivity contribution is 6.30. The van der Waals surface area contributed by atoms with Gasteiger partial charge in [0, 0.05) is 28.6 Å². The summed E-state index contributed by atoms with van der Waals surface area (Å²) in [4.78, 5) is 0. The van der Waals surface area contributed by atoms with E-state index in [9.17, 15) is 4.39 Å². The first-order chi connectivity index (χ1) is 10.1. The van der Waals surface area contributed by atoms with Crippen LogP contribution in [0.2, 0.25) is 5.02 Å². The summed E-state index contributed by atoms with van der Waals surface area (Å²) in [5, 5.41) is 0.476. The summed E-state index contributed by atoms with van der Waals surface area (Å²) in [7, 11) is 1.60. The molecule has 0 fully saturated rings. The Hall–Kier alpha value is -1.78. The lowest BCUT2D eigenvalue weighted by Gasteiger charge is -2.31. The molecule has 1 aliphatic heterocycles. The summed E-state index contributed by atoms with van der Waals surface area (Å²) in [6, 6.07) is 9.64. The average molecular weight is 308 g/mol. The first-order valence-corrected chi connectivity index (χ1v) is 7.01. The fourth-order valence-electron chi connectivity index (χ4n) is 2.56. The number of nitrogens with two attached hydrogens (primary N) is 1. The molecule has 0 saturated heterocycles. The van der Waals surface area contributed by atoms with E-state index in [1.54, 1.807) is 25.3 Å². The van der Waals surface area contributed by atoms with Gasteiger partial charge in [-0.05, 0) is 36.4 Å². The molecule has 1 aliphatic rings. The maximum atomic E-state index is 14.0. The molecule has 2 N–H and O–H groups in total. The van der Waals surface area contributed by atoms with Gasteiger partial charge in [0.2, 0.25) is 0 Å². The van der Waals surface area contributed by atoms with Crippen LogP contribution >= 0.6 is 11.6 Å². The van der Waals surface area contributed by atoms with Crippen molar-refractivity contribution in [3.05, 3.63) is 58.4 Å². The molecule has 0 aromatic heterocycles. The van der Waals surface area contributed by atoms with Crippen molar-refractivity contribution in [3.8, 4) is 11.5 Å². The van der Waals surface area contributed by atoms with Gasteiger partial charge in [-0.3, -0.25) is 0 Å². The van der Waals surface area contributed by atoms with E-state index in [2.05, 4.69) is 0 Å². The van der Waals surface area contributed by atoms with Crippen LogP contribution in [0.1, 0.15) is 29.7 Å². The zero-order chi connectivity index (χ0) is 15.0. The van der Waals surface area contributed by atoms with Crippen LogP contribution in [0.4, 0.5) is 4.39 Å². The SMILES string of the molecule is COc1ccc2c(c1)[C@H](N)CC(c1cc(Cl)ccc1F)O2. The predicted molar refractivity (Wildman–Crippen MR) is 79.3 cm³/mol. The number of benzene rings is 2. The molecule has 0 bridgehead atoms. The van der Waals surface area contributed by atoms with Crippen LogP contribution in [0.3, 0.4) is 0 Å². The van der Waals surface area contributed by atoms with Gasteiger partial charge >= 0.3 is 0 Å². The fourth-order valence-corrected chi connectivity index (χ4v) is 2.74. The monoisotopic (exact) mass is 307 g/mol. The van der Waals surface area contributed by atoms with Gasteiger partial charge in [0.1, 0.15) is 23.4 Å². The first-order valence-electron chi connectivity index (χ1n) is 6.63. The number of hydrogen-bond donors (Lipinski definition) is 1. The number of hydrogen-bond acceptors (Lipinski definition) is 3. The standard InChI is InChI=1S/C16H15ClFNO2/c1-20-10-3-5-15-12(7-10)14(19)8-16(21-15)11-6-9(17)2-4-13(11)18/h2-7,14,16H,8,19H2,1H3/t14-,16?/m1/s1. The number of fused-ring (bicyclic) bond motifs is 1. The van der Waals surface area contributed by atoms with E-state index in [4.69, 9.17) is 26.8 Å². The van der Waals surface area contributed by atoms with Gasteiger partial charge < -0.3 is 15.2 Å². The van der Waals surface area contributed by atoms with Gasteiger partial charge in [-0.15, -0.1) is 0 Å². The molecule has 3 nitrogen and oxygen atoms in total. The Morgan fingerprint density at radius 3 is 2.81 bits per heavy atom. The lowest BCUT2D eigenvalue weighted by atomic mass is 9.93. The second kappa shape index (κ2) is 5.54. The van der Waals surface area contributed by atoms with Gasteiger partial charge in [0.05, 0.1) is 7.11 Å². The number of rotatable bonds is 2. The summed E-state index contributed by atoms with van der Waals surface area (Å²) < 4.78 is 25.1. The molecule has 2 aromatic rings. The van der Waals surface area contributed by atoms with Crippen molar-refractivity contribution in [1.82, 2.24) is 0 Å². The van der Waals surface area contributed by atoms with Crippen molar-refractivity contribution < 1.29 is 13.9 Å². The van der Waals surface area contributed by atoms with Crippen LogP contribution in [0, 0.1) is 5.82 Å². The second-order valence-electron chi connectivity index (χ2n) is 5.02. The van der Waals surface area contributed by atoms with Crippen LogP contribution < -0.4 is 15.2 Å². The Morgan fingerprint density at radius 1 is 1.24 bits per heavy atom. The number of ether oxygens (including phenoxy) is 2. The quantitative estimate of drug-likeness (QED) is 0.911. The third-order valence-electron chi connectivity index (χ3n) is 3.66. The molecule has 1 heterocycles. The van der Waals surface area contributed by atoms with Gasteiger partial charge in [0.15, 0.2) is 0 Å². The summed E-state index contributed by atoms with van der Waals surface area (Å²) in [5.74, 6) is 1.03. The van der Waals surface area contributed by atoms with Gasteiger partial charge in [-0.25, -0.2) is 4.39 Å². The molecule has 0 aliphatic carbocycles. The zero-order valence-electron chi connectivity index (χ0n) is 11.5. The lowest BCUT2D eigenvalue weighted by Crippen LogP contribution is -2.24. The van der Waals surface area contributed by atoms with Crippen LogP contribution in [0.5, 0.6) is 11.5 Å².